The average Bonchev–Trinajstić information content (AvgIpc) is 2.86. The van der Waals surface area contributed by atoms with Crippen molar-refractivity contribution in [3.05, 3.63) is 41.5 Å². The van der Waals surface area contributed by atoms with E-state index in [1.165, 1.54) is 12.1 Å². The summed E-state index contributed by atoms with van der Waals surface area (Å²) in [6.45, 7) is 2.22. The molecule has 0 aliphatic rings. The summed E-state index contributed by atoms with van der Waals surface area (Å²) < 4.78 is 20.1. The summed E-state index contributed by atoms with van der Waals surface area (Å²) in [4.78, 5) is 4.17. The zero-order valence-corrected chi connectivity index (χ0v) is 9.72. The van der Waals surface area contributed by atoms with Crippen molar-refractivity contribution in [3.63, 3.8) is 0 Å². The van der Waals surface area contributed by atoms with Crippen molar-refractivity contribution in [1.29, 1.82) is 0 Å². The molecule has 0 saturated carbocycles. The largest absolute Gasteiger partial charge is 0.369 e. The van der Waals surface area contributed by atoms with Gasteiger partial charge in [-0.1, -0.05) is 5.16 Å². The lowest BCUT2D eigenvalue weighted by Gasteiger charge is -2.02. The number of benzene rings is 1. The fourth-order valence-corrected chi connectivity index (χ4v) is 1.93. The molecule has 0 unspecified atom stereocenters. The summed E-state index contributed by atoms with van der Waals surface area (Å²) in [6.07, 6.45) is 0. The molecule has 3 aromatic rings. The maximum atomic E-state index is 13.3. The first-order valence-corrected chi connectivity index (χ1v) is 5.47. The Labute approximate surface area is 102 Å². The Balaban J connectivity index is 2.10. The van der Waals surface area contributed by atoms with Crippen LogP contribution in [0, 0.1) is 12.7 Å². The van der Waals surface area contributed by atoms with Crippen molar-refractivity contribution < 1.29 is 8.91 Å². The molecule has 0 bridgehead atoms. The van der Waals surface area contributed by atoms with Crippen molar-refractivity contribution in [3.8, 4) is 0 Å². The Bertz CT molecular complexity index is 716. The molecular weight excluding hydrogens is 235 g/mol. The van der Waals surface area contributed by atoms with E-state index in [4.69, 9.17) is 10.3 Å². The third-order valence-corrected chi connectivity index (χ3v) is 2.73. The highest BCUT2D eigenvalue weighted by Crippen LogP contribution is 2.20. The number of imidazole rings is 1. The molecule has 2 N–H and O–H groups in total. The van der Waals surface area contributed by atoms with Gasteiger partial charge in [0.1, 0.15) is 5.82 Å². The summed E-state index contributed by atoms with van der Waals surface area (Å²) >= 11 is 0. The second-order valence-electron chi connectivity index (χ2n) is 4.12. The molecule has 3 rings (SSSR count). The van der Waals surface area contributed by atoms with Crippen LogP contribution in [-0.2, 0) is 6.54 Å². The van der Waals surface area contributed by atoms with Crippen LogP contribution in [0.5, 0.6) is 0 Å². The van der Waals surface area contributed by atoms with Gasteiger partial charge in [-0.05, 0) is 25.1 Å². The summed E-state index contributed by atoms with van der Waals surface area (Å²) in [6, 6.07) is 6.17. The molecule has 1 aromatic carbocycles. The van der Waals surface area contributed by atoms with Crippen LogP contribution in [0.15, 0.2) is 28.8 Å². The molecule has 0 saturated heterocycles. The van der Waals surface area contributed by atoms with Crippen molar-refractivity contribution in [1.82, 2.24) is 14.7 Å². The molecule has 0 atom stereocenters. The standard InChI is InChI=1S/C12H11FN4O/c1-7-4-9(18-16-7)6-17-11-5-8(13)2-3-10(11)15-12(17)14/h2-5H,6H2,1H3,(H2,14,15). The highest BCUT2D eigenvalue weighted by atomic mass is 19.1. The minimum atomic E-state index is -0.322. The molecule has 6 heteroatoms. The zero-order chi connectivity index (χ0) is 12.7. The number of halogens is 1. The van der Waals surface area contributed by atoms with Gasteiger partial charge in [0.05, 0.1) is 23.3 Å². The number of fused-ring (bicyclic) bond motifs is 1. The number of nitrogen functional groups attached to an aromatic ring is 1. The highest BCUT2D eigenvalue weighted by molar-refractivity contribution is 5.78. The predicted octanol–water partition coefficient (Wildman–Crippen LogP) is 2.10. The first kappa shape index (κ1) is 10.8. The molecule has 0 fully saturated rings. The number of aryl methyl sites for hydroxylation is 1. The van der Waals surface area contributed by atoms with Crippen molar-refractivity contribution in [2.24, 2.45) is 0 Å². The number of nitrogens with zero attached hydrogens (tertiary/aromatic N) is 3. The number of hydrogen-bond acceptors (Lipinski definition) is 4. The molecule has 0 amide bonds. The van der Waals surface area contributed by atoms with Gasteiger partial charge in [-0.15, -0.1) is 0 Å². The van der Waals surface area contributed by atoms with Gasteiger partial charge in [-0.2, -0.15) is 0 Å². The molecule has 18 heavy (non-hydrogen) atoms. The highest BCUT2D eigenvalue weighted by Gasteiger charge is 2.11. The number of rotatable bonds is 2. The number of nitrogens with two attached hydrogens (primary N) is 1. The number of aromatic nitrogens is 3. The minimum absolute atomic E-state index is 0.322. The Hall–Kier alpha value is -2.37. The van der Waals surface area contributed by atoms with E-state index in [9.17, 15) is 4.39 Å². The van der Waals surface area contributed by atoms with E-state index in [2.05, 4.69) is 10.1 Å². The van der Waals surface area contributed by atoms with E-state index < -0.39 is 0 Å². The van der Waals surface area contributed by atoms with Crippen molar-refractivity contribution in [2.45, 2.75) is 13.5 Å². The lowest BCUT2D eigenvalue weighted by molar-refractivity contribution is 0.374. The van der Waals surface area contributed by atoms with E-state index >= 15 is 0 Å². The molecule has 0 aliphatic carbocycles. The maximum absolute atomic E-state index is 13.3. The lowest BCUT2D eigenvalue weighted by Crippen LogP contribution is -2.03. The third kappa shape index (κ3) is 1.71. The minimum Gasteiger partial charge on any atom is -0.369 e. The van der Waals surface area contributed by atoms with Gasteiger partial charge in [-0.25, -0.2) is 9.37 Å². The van der Waals surface area contributed by atoms with Crippen LogP contribution in [0.2, 0.25) is 0 Å². The second kappa shape index (κ2) is 3.83. The molecule has 92 valence electrons. The number of hydrogen-bond donors (Lipinski definition) is 1. The third-order valence-electron chi connectivity index (χ3n) is 2.73. The van der Waals surface area contributed by atoms with Crippen LogP contribution in [0.1, 0.15) is 11.5 Å². The van der Waals surface area contributed by atoms with Gasteiger partial charge >= 0.3 is 0 Å². The topological polar surface area (TPSA) is 69.9 Å². The van der Waals surface area contributed by atoms with E-state index in [-0.39, 0.29) is 5.82 Å². The molecule has 2 heterocycles. The van der Waals surface area contributed by atoms with E-state index in [0.717, 1.165) is 5.69 Å². The predicted molar refractivity (Wildman–Crippen MR) is 64.4 cm³/mol. The maximum Gasteiger partial charge on any atom is 0.201 e. The van der Waals surface area contributed by atoms with Gasteiger partial charge in [0.2, 0.25) is 5.95 Å². The average molecular weight is 246 g/mol. The van der Waals surface area contributed by atoms with Crippen LogP contribution in [0.4, 0.5) is 10.3 Å². The first-order chi connectivity index (χ1) is 8.63. The summed E-state index contributed by atoms with van der Waals surface area (Å²) in [5.41, 5.74) is 7.91. The molecule has 0 radical (unpaired) electrons. The van der Waals surface area contributed by atoms with Gasteiger partial charge in [-0.3, -0.25) is 0 Å². The Kier molecular flexibility index (Phi) is 2.29. The first-order valence-electron chi connectivity index (χ1n) is 5.47. The summed E-state index contributed by atoms with van der Waals surface area (Å²) in [5.74, 6) is 0.657. The SMILES string of the molecule is Cc1cc(Cn2c(N)nc3ccc(F)cc32)on1. The van der Waals surface area contributed by atoms with Gasteiger partial charge < -0.3 is 14.8 Å². The quantitative estimate of drug-likeness (QED) is 0.751. The smallest absolute Gasteiger partial charge is 0.201 e. The van der Waals surface area contributed by atoms with Gasteiger partial charge in [0, 0.05) is 6.07 Å². The van der Waals surface area contributed by atoms with E-state index in [1.54, 1.807) is 10.6 Å². The van der Waals surface area contributed by atoms with Gasteiger partial charge in [0.25, 0.3) is 0 Å². The Morgan fingerprint density at radius 1 is 1.39 bits per heavy atom. The van der Waals surface area contributed by atoms with Crippen LogP contribution >= 0.6 is 0 Å². The molecule has 2 aromatic heterocycles. The van der Waals surface area contributed by atoms with Crippen LogP contribution < -0.4 is 5.73 Å². The second-order valence-corrected chi connectivity index (χ2v) is 4.12. The van der Waals surface area contributed by atoms with Crippen molar-refractivity contribution in [2.75, 3.05) is 5.73 Å². The van der Waals surface area contributed by atoms with Gasteiger partial charge in [0.15, 0.2) is 5.76 Å². The molecule has 0 spiro atoms. The number of anilines is 1. The summed E-state index contributed by atoms with van der Waals surface area (Å²) in [7, 11) is 0. The van der Waals surface area contributed by atoms with Crippen LogP contribution in [0.3, 0.4) is 0 Å². The van der Waals surface area contributed by atoms with Crippen LogP contribution in [-0.4, -0.2) is 14.7 Å². The molecule has 0 aliphatic heterocycles. The Morgan fingerprint density at radius 3 is 2.94 bits per heavy atom. The lowest BCUT2D eigenvalue weighted by atomic mass is 10.3. The van der Waals surface area contributed by atoms with Crippen molar-refractivity contribution >= 4 is 17.0 Å². The van der Waals surface area contributed by atoms with E-state index in [1.807, 2.05) is 13.0 Å². The normalized spacial score (nSPS) is 11.2. The monoisotopic (exact) mass is 246 g/mol. The van der Waals surface area contributed by atoms with E-state index in [0.29, 0.717) is 29.3 Å². The summed E-state index contributed by atoms with van der Waals surface area (Å²) in [5, 5.41) is 3.80. The Morgan fingerprint density at radius 2 is 2.22 bits per heavy atom. The molecular formula is C12H11FN4O. The fraction of sp³-hybridized carbons (Fsp3) is 0.167. The fourth-order valence-electron chi connectivity index (χ4n) is 1.93. The zero-order valence-electron chi connectivity index (χ0n) is 9.72. The molecule has 5 nitrogen and oxygen atoms in total. The van der Waals surface area contributed by atoms with Crippen LogP contribution in [0.25, 0.3) is 11.0 Å².